The number of ether oxygens (including phenoxy) is 1. The molecule has 1 aromatic carbocycles. The van der Waals surface area contributed by atoms with Crippen molar-refractivity contribution in [1.29, 1.82) is 5.26 Å². The van der Waals surface area contributed by atoms with E-state index >= 15 is 0 Å². The summed E-state index contributed by atoms with van der Waals surface area (Å²) in [5.41, 5.74) is 6.80. The first-order valence-electron chi connectivity index (χ1n) is 4.38. The van der Waals surface area contributed by atoms with E-state index in [9.17, 15) is 5.11 Å². The zero-order valence-electron chi connectivity index (χ0n) is 7.53. The highest BCUT2D eigenvalue weighted by Crippen LogP contribution is 2.39. The summed E-state index contributed by atoms with van der Waals surface area (Å²) in [6.45, 7) is 0.492. The number of aromatic hydroxyl groups is 1. The van der Waals surface area contributed by atoms with E-state index in [0.29, 0.717) is 29.9 Å². The second kappa shape index (κ2) is 3.20. The van der Waals surface area contributed by atoms with Crippen LogP contribution in [0.1, 0.15) is 23.6 Å². The molecule has 14 heavy (non-hydrogen) atoms. The number of hydrogen-bond donors (Lipinski definition) is 2. The number of phenols is 1. The Morgan fingerprint density at radius 2 is 2.36 bits per heavy atom. The average Bonchev–Trinajstić information content (AvgIpc) is 2.18. The summed E-state index contributed by atoms with van der Waals surface area (Å²) in [6.07, 6.45) is 0.662. The molecule has 1 heterocycles. The molecule has 0 aliphatic carbocycles. The Labute approximate surface area is 81.5 Å². The third-order valence-electron chi connectivity index (χ3n) is 2.34. The maximum absolute atomic E-state index is 9.58. The number of benzene rings is 1. The van der Waals surface area contributed by atoms with E-state index in [0.717, 1.165) is 0 Å². The fraction of sp³-hybridized carbons (Fsp3) is 0.300. The predicted octanol–water partition coefficient (Wildman–Crippen LogP) is 1.05. The van der Waals surface area contributed by atoms with Crippen LogP contribution in [0.5, 0.6) is 11.5 Å². The van der Waals surface area contributed by atoms with Crippen molar-refractivity contribution in [2.24, 2.45) is 5.73 Å². The van der Waals surface area contributed by atoms with Crippen LogP contribution in [-0.4, -0.2) is 11.7 Å². The zero-order valence-corrected chi connectivity index (χ0v) is 7.53. The molecule has 4 heteroatoms. The molecule has 1 aliphatic heterocycles. The number of nitriles is 1. The van der Waals surface area contributed by atoms with E-state index in [4.69, 9.17) is 15.7 Å². The van der Waals surface area contributed by atoms with Crippen molar-refractivity contribution >= 4 is 0 Å². The fourth-order valence-corrected chi connectivity index (χ4v) is 1.62. The molecule has 1 aliphatic rings. The molecule has 2 rings (SSSR count). The molecule has 0 bridgehead atoms. The van der Waals surface area contributed by atoms with Gasteiger partial charge in [0.05, 0.1) is 17.7 Å². The number of phenolic OH excluding ortho intramolecular Hbond substituents is 1. The molecule has 0 amide bonds. The Hall–Kier alpha value is -1.73. The SMILES string of the molecule is N#Cc1ccc(O)c2c1OCC[C@@H]2N. The highest BCUT2D eigenvalue weighted by molar-refractivity contribution is 5.56. The van der Waals surface area contributed by atoms with Crippen molar-refractivity contribution in [3.8, 4) is 17.6 Å². The van der Waals surface area contributed by atoms with Crippen LogP contribution in [0.2, 0.25) is 0 Å². The topological polar surface area (TPSA) is 79.3 Å². The lowest BCUT2D eigenvalue weighted by Crippen LogP contribution is -2.21. The quantitative estimate of drug-likeness (QED) is 0.640. The normalized spacial score (nSPS) is 19.3. The highest BCUT2D eigenvalue weighted by atomic mass is 16.5. The van der Waals surface area contributed by atoms with Gasteiger partial charge in [0.25, 0.3) is 0 Å². The van der Waals surface area contributed by atoms with Crippen molar-refractivity contribution in [3.63, 3.8) is 0 Å². The van der Waals surface area contributed by atoms with Gasteiger partial charge in [-0.15, -0.1) is 0 Å². The number of fused-ring (bicyclic) bond motifs is 1. The van der Waals surface area contributed by atoms with E-state index in [1.165, 1.54) is 12.1 Å². The van der Waals surface area contributed by atoms with Gasteiger partial charge in [0, 0.05) is 12.5 Å². The molecule has 0 fully saturated rings. The first-order valence-corrected chi connectivity index (χ1v) is 4.38. The van der Waals surface area contributed by atoms with E-state index in [-0.39, 0.29) is 11.8 Å². The van der Waals surface area contributed by atoms with Gasteiger partial charge in [-0.05, 0) is 12.1 Å². The molecule has 0 saturated heterocycles. The maximum Gasteiger partial charge on any atom is 0.145 e. The highest BCUT2D eigenvalue weighted by Gasteiger charge is 2.24. The zero-order chi connectivity index (χ0) is 10.1. The van der Waals surface area contributed by atoms with Crippen LogP contribution in [0, 0.1) is 11.3 Å². The van der Waals surface area contributed by atoms with Crippen molar-refractivity contribution in [3.05, 3.63) is 23.3 Å². The van der Waals surface area contributed by atoms with Gasteiger partial charge in [-0.25, -0.2) is 0 Å². The minimum atomic E-state index is -0.243. The Morgan fingerprint density at radius 1 is 1.57 bits per heavy atom. The molecule has 1 aromatic rings. The fourth-order valence-electron chi connectivity index (χ4n) is 1.62. The molecular formula is C10H10N2O2. The number of nitrogens with two attached hydrogens (primary N) is 1. The van der Waals surface area contributed by atoms with Crippen LogP contribution >= 0.6 is 0 Å². The summed E-state index contributed by atoms with van der Waals surface area (Å²) in [7, 11) is 0. The summed E-state index contributed by atoms with van der Waals surface area (Å²) in [4.78, 5) is 0. The molecule has 0 radical (unpaired) electrons. The van der Waals surface area contributed by atoms with Crippen molar-refractivity contribution in [2.75, 3.05) is 6.61 Å². The van der Waals surface area contributed by atoms with Crippen LogP contribution in [0.3, 0.4) is 0 Å². The molecule has 0 saturated carbocycles. The molecular weight excluding hydrogens is 180 g/mol. The van der Waals surface area contributed by atoms with E-state index in [1.807, 2.05) is 6.07 Å². The molecule has 0 spiro atoms. The third kappa shape index (κ3) is 1.19. The summed E-state index contributed by atoms with van der Waals surface area (Å²) in [5.74, 6) is 0.539. The molecule has 0 aromatic heterocycles. The first kappa shape index (κ1) is 8.85. The van der Waals surface area contributed by atoms with Gasteiger partial charge in [-0.3, -0.25) is 0 Å². The molecule has 1 atom stereocenters. The lowest BCUT2D eigenvalue weighted by atomic mass is 9.97. The Morgan fingerprint density at radius 3 is 3.07 bits per heavy atom. The second-order valence-corrected chi connectivity index (χ2v) is 3.23. The summed E-state index contributed by atoms with van der Waals surface area (Å²) < 4.78 is 5.33. The van der Waals surface area contributed by atoms with Crippen molar-refractivity contribution in [1.82, 2.24) is 0 Å². The maximum atomic E-state index is 9.58. The summed E-state index contributed by atoms with van der Waals surface area (Å²) >= 11 is 0. The standard InChI is InChI=1S/C10H10N2O2/c11-5-6-1-2-8(13)9-7(12)3-4-14-10(6)9/h1-2,7,13H,3-4,12H2/t7-/m0/s1. The van der Waals surface area contributed by atoms with Crippen LogP contribution in [0.4, 0.5) is 0 Å². The van der Waals surface area contributed by atoms with Crippen molar-refractivity contribution < 1.29 is 9.84 Å². The summed E-state index contributed by atoms with van der Waals surface area (Å²) in [6, 6.07) is 4.78. The van der Waals surface area contributed by atoms with E-state index in [1.54, 1.807) is 0 Å². The minimum Gasteiger partial charge on any atom is -0.507 e. The van der Waals surface area contributed by atoms with Crippen LogP contribution in [0.25, 0.3) is 0 Å². The Bertz CT molecular complexity index is 409. The van der Waals surface area contributed by atoms with Crippen LogP contribution < -0.4 is 10.5 Å². The number of nitrogens with zero attached hydrogens (tertiary/aromatic N) is 1. The largest absolute Gasteiger partial charge is 0.507 e. The lowest BCUT2D eigenvalue weighted by molar-refractivity contribution is 0.263. The van der Waals surface area contributed by atoms with Crippen molar-refractivity contribution in [2.45, 2.75) is 12.5 Å². The summed E-state index contributed by atoms with van der Waals surface area (Å²) in [5, 5.41) is 18.4. The van der Waals surface area contributed by atoms with Gasteiger partial charge < -0.3 is 15.6 Å². The van der Waals surface area contributed by atoms with E-state index in [2.05, 4.69) is 0 Å². The number of rotatable bonds is 0. The van der Waals surface area contributed by atoms with Gasteiger partial charge in [-0.2, -0.15) is 5.26 Å². The van der Waals surface area contributed by atoms with E-state index < -0.39 is 0 Å². The molecule has 4 nitrogen and oxygen atoms in total. The van der Waals surface area contributed by atoms with Gasteiger partial charge >= 0.3 is 0 Å². The van der Waals surface area contributed by atoms with Gasteiger partial charge in [0.1, 0.15) is 17.6 Å². The van der Waals surface area contributed by atoms with Gasteiger partial charge in [-0.1, -0.05) is 0 Å². The third-order valence-corrected chi connectivity index (χ3v) is 2.34. The van der Waals surface area contributed by atoms with Crippen LogP contribution in [0.15, 0.2) is 12.1 Å². The number of hydrogen-bond acceptors (Lipinski definition) is 4. The Balaban J connectivity index is 2.65. The molecule has 3 N–H and O–H groups in total. The van der Waals surface area contributed by atoms with Gasteiger partial charge in [0.15, 0.2) is 0 Å². The monoisotopic (exact) mass is 190 g/mol. The average molecular weight is 190 g/mol. The predicted molar refractivity (Wildman–Crippen MR) is 49.9 cm³/mol. The second-order valence-electron chi connectivity index (χ2n) is 3.23. The lowest BCUT2D eigenvalue weighted by Gasteiger charge is -2.24. The Kier molecular flexibility index (Phi) is 2.02. The minimum absolute atomic E-state index is 0.103. The van der Waals surface area contributed by atoms with Gasteiger partial charge in [0.2, 0.25) is 0 Å². The smallest absolute Gasteiger partial charge is 0.145 e. The first-order chi connectivity index (χ1) is 6.74. The van der Waals surface area contributed by atoms with Crippen LogP contribution in [-0.2, 0) is 0 Å². The molecule has 72 valence electrons. The molecule has 0 unspecified atom stereocenters.